The topological polar surface area (TPSA) is 60.0 Å². The van der Waals surface area contributed by atoms with Crippen LogP contribution in [0.1, 0.15) is 44.9 Å². The Kier molecular flexibility index (Phi) is 6.57. The van der Waals surface area contributed by atoms with Gasteiger partial charge in [-0.25, -0.2) is 0 Å². The number of hydrogen-bond donors (Lipinski definition) is 2. The first kappa shape index (κ1) is 18.5. The van der Waals surface area contributed by atoms with Gasteiger partial charge in [0.2, 0.25) is 5.91 Å². The van der Waals surface area contributed by atoms with Gasteiger partial charge in [0, 0.05) is 59.3 Å². The summed E-state index contributed by atoms with van der Waals surface area (Å²) in [5.74, 6) is 2.68. The van der Waals surface area contributed by atoms with Crippen LogP contribution in [-0.2, 0) is 4.79 Å². The first-order valence-electron chi connectivity index (χ1n) is 10.1. The molecule has 3 rings (SSSR count). The van der Waals surface area contributed by atoms with E-state index in [9.17, 15) is 4.79 Å². The molecule has 2 N–H and O–H groups in total. The minimum absolute atomic E-state index is 0.164. The Hall–Kier alpha value is -1.30. The maximum atomic E-state index is 11.5. The van der Waals surface area contributed by atoms with Crippen LogP contribution in [0.25, 0.3) is 0 Å². The number of rotatable bonds is 8. The minimum Gasteiger partial charge on any atom is -0.359 e. The maximum Gasteiger partial charge on any atom is 0.220 e. The van der Waals surface area contributed by atoms with Crippen molar-refractivity contribution in [3.63, 3.8) is 0 Å². The number of piperidine rings is 1. The van der Waals surface area contributed by atoms with E-state index >= 15 is 0 Å². The number of amides is 1. The molecule has 0 aromatic rings. The van der Waals surface area contributed by atoms with Crippen LogP contribution in [0.4, 0.5) is 0 Å². The summed E-state index contributed by atoms with van der Waals surface area (Å²) in [7, 11) is 3.60. The molecule has 6 nitrogen and oxygen atoms in total. The normalized spacial score (nSPS) is 22.4. The van der Waals surface area contributed by atoms with E-state index < -0.39 is 0 Å². The molecule has 0 radical (unpaired) electrons. The summed E-state index contributed by atoms with van der Waals surface area (Å²) >= 11 is 0. The Morgan fingerprint density at radius 1 is 1.12 bits per heavy atom. The number of nitrogens with one attached hydrogen (secondary N) is 2. The van der Waals surface area contributed by atoms with Crippen LogP contribution in [-0.4, -0.2) is 74.5 Å². The van der Waals surface area contributed by atoms with Crippen molar-refractivity contribution in [2.75, 3.05) is 46.8 Å². The van der Waals surface area contributed by atoms with Crippen molar-refractivity contribution < 1.29 is 4.79 Å². The summed E-state index contributed by atoms with van der Waals surface area (Å²) in [6.07, 6.45) is 8.45. The molecule has 2 aliphatic carbocycles. The van der Waals surface area contributed by atoms with Crippen LogP contribution in [0.2, 0.25) is 0 Å². The Labute approximate surface area is 152 Å². The summed E-state index contributed by atoms with van der Waals surface area (Å²) in [6, 6.07) is 0.852. The Morgan fingerprint density at radius 2 is 1.84 bits per heavy atom. The first-order chi connectivity index (χ1) is 12.2. The van der Waals surface area contributed by atoms with Gasteiger partial charge in [-0.05, 0) is 50.4 Å². The lowest BCUT2D eigenvalue weighted by atomic mass is 9.93. The van der Waals surface area contributed by atoms with Gasteiger partial charge in [0.15, 0.2) is 5.96 Å². The zero-order valence-electron chi connectivity index (χ0n) is 16.0. The fourth-order valence-electron chi connectivity index (χ4n) is 3.85. The number of guanidine groups is 1. The van der Waals surface area contributed by atoms with Gasteiger partial charge in [0.05, 0.1) is 0 Å². The van der Waals surface area contributed by atoms with Crippen LogP contribution in [0.3, 0.4) is 0 Å². The number of hydrogen-bond acceptors (Lipinski definition) is 3. The number of carbonyl (C=O) groups excluding carboxylic acids is 1. The molecule has 1 amide bonds. The lowest BCUT2D eigenvalue weighted by Crippen LogP contribution is -2.48. The highest BCUT2D eigenvalue weighted by Crippen LogP contribution is 2.34. The molecule has 0 spiro atoms. The molecule has 1 aliphatic heterocycles. The summed E-state index contributed by atoms with van der Waals surface area (Å²) in [5.41, 5.74) is 0. The highest BCUT2D eigenvalue weighted by molar-refractivity contribution is 5.80. The summed E-state index contributed by atoms with van der Waals surface area (Å²) < 4.78 is 0. The Morgan fingerprint density at radius 3 is 2.40 bits per heavy atom. The van der Waals surface area contributed by atoms with Crippen molar-refractivity contribution >= 4 is 11.9 Å². The molecule has 1 heterocycles. The lowest BCUT2D eigenvalue weighted by Gasteiger charge is -2.34. The largest absolute Gasteiger partial charge is 0.359 e. The summed E-state index contributed by atoms with van der Waals surface area (Å²) in [6.45, 7) is 5.41. The lowest BCUT2D eigenvalue weighted by molar-refractivity contribution is -0.121. The average Bonchev–Trinajstić information content (AvgIpc) is 3.52. The zero-order valence-corrected chi connectivity index (χ0v) is 16.0. The van der Waals surface area contributed by atoms with Crippen molar-refractivity contribution in [3.8, 4) is 0 Å². The van der Waals surface area contributed by atoms with Crippen LogP contribution < -0.4 is 10.6 Å². The Bertz CT molecular complexity index is 464. The summed E-state index contributed by atoms with van der Waals surface area (Å²) in [4.78, 5) is 21.0. The van der Waals surface area contributed by atoms with E-state index in [1.165, 1.54) is 32.2 Å². The van der Waals surface area contributed by atoms with E-state index in [2.05, 4.69) is 25.4 Å². The predicted octanol–water partition coefficient (Wildman–Crippen LogP) is 1.28. The highest BCUT2D eigenvalue weighted by atomic mass is 16.1. The zero-order chi connectivity index (χ0) is 17.6. The third kappa shape index (κ3) is 5.87. The molecule has 1 saturated heterocycles. The maximum absolute atomic E-state index is 11.5. The quantitative estimate of drug-likeness (QED) is 0.512. The molecule has 3 aliphatic rings. The average molecular weight is 350 g/mol. The van der Waals surface area contributed by atoms with Gasteiger partial charge in [-0.1, -0.05) is 0 Å². The number of aliphatic imine (C=N–C) groups is 1. The van der Waals surface area contributed by atoms with E-state index in [0.29, 0.717) is 12.3 Å². The van der Waals surface area contributed by atoms with Gasteiger partial charge >= 0.3 is 0 Å². The molecule has 0 unspecified atom stereocenters. The van der Waals surface area contributed by atoms with Crippen molar-refractivity contribution in [1.29, 1.82) is 0 Å². The first-order valence-corrected chi connectivity index (χ1v) is 10.1. The van der Waals surface area contributed by atoms with E-state index in [1.807, 2.05) is 7.05 Å². The van der Waals surface area contributed by atoms with Crippen LogP contribution in [0.5, 0.6) is 0 Å². The molecule has 0 aromatic heterocycles. The van der Waals surface area contributed by atoms with Crippen LogP contribution in [0, 0.1) is 11.8 Å². The van der Waals surface area contributed by atoms with Gasteiger partial charge in [0.1, 0.15) is 0 Å². The monoisotopic (exact) mass is 349 g/mol. The van der Waals surface area contributed by atoms with Crippen molar-refractivity contribution in [2.24, 2.45) is 16.8 Å². The van der Waals surface area contributed by atoms with E-state index in [1.54, 1.807) is 7.05 Å². The molecule has 2 saturated carbocycles. The molecule has 0 atom stereocenters. The molecule has 6 heteroatoms. The van der Waals surface area contributed by atoms with Gasteiger partial charge in [0.25, 0.3) is 0 Å². The van der Waals surface area contributed by atoms with E-state index in [-0.39, 0.29) is 5.91 Å². The smallest absolute Gasteiger partial charge is 0.220 e. The van der Waals surface area contributed by atoms with E-state index in [0.717, 1.165) is 56.9 Å². The molecule has 0 bridgehead atoms. The number of carbonyl (C=O) groups is 1. The fourth-order valence-corrected chi connectivity index (χ4v) is 3.85. The fraction of sp³-hybridized carbons (Fsp3) is 0.895. The van der Waals surface area contributed by atoms with Crippen LogP contribution >= 0.6 is 0 Å². The SMILES string of the molecule is CN=C(NCCN(CC1CC1)C1CC1)N1CCC(CC(=O)NC)CC1. The van der Waals surface area contributed by atoms with Crippen molar-refractivity contribution in [2.45, 2.75) is 51.0 Å². The highest BCUT2D eigenvalue weighted by Gasteiger charge is 2.33. The third-order valence-electron chi connectivity index (χ3n) is 5.81. The second kappa shape index (κ2) is 8.88. The van der Waals surface area contributed by atoms with Crippen molar-refractivity contribution in [1.82, 2.24) is 20.4 Å². The standard InChI is InChI=1S/C19H35N5O/c1-20-18(25)13-15-7-10-23(11-8-15)19(21-2)22-9-12-24(17-5-6-17)14-16-3-4-16/h15-17H,3-14H2,1-2H3,(H,20,25)(H,21,22). The van der Waals surface area contributed by atoms with Gasteiger partial charge in [-0.15, -0.1) is 0 Å². The van der Waals surface area contributed by atoms with Gasteiger partial charge in [-0.3, -0.25) is 14.7 Å². The molecular formula is C19H35N5O. The minimum atomic E-state index is 0.164. The van der Waals surface area contributed by atoms with Gasteiger partial charge < -0.3 is 15.5 Å². The number of nitrogens with zero attached hydrogens (tertiary/aromatic N) is 3. The third-order valence-corrected chi connectivity index (χ3v) is 5.81. The second-order valence-corrected chi connectivity index (χ2v) is 7.95. The molecular weight excluding hydrogens is 314 g/mol. The van der Waals surface area contributed by atoms with Crippen molar-refractivity contribution in [3.05, 3.63) is 0 Å². The molecule has 25 heavy (non-hydrogen) atoms. The molecule has 3 fully saturated rings. The van der Waals surface area contributed by atoms with Gasteiger partial charge in [-0.2, -0.15) is 0 Å². The number of likely N-dealkylation sites (tertiary alicyclic amines) is 1. The Balaban J connectivity index is 1.37. The second-order valence-electron chi connectivity index (χ2n) is 7.95. The van der Waals surface area contributed by atoms with E-state index in [4.69, 9.17) is 0 Å². The molecule has 142 valence electrons. The summed E-state index contributed by atoms with van der Waals surface area (Å²) in [5, 5.41) is 6.30. The predicted molar refractivity (Wildman–Crippen MR) is 102 cm³/mol. The van der Waals surface area contributed by atoms with Crippen LogP contribution in [0.15, 0.2) is 4.99 Å². The molecule has 0 aromatic carbocycles.